The molecule has 1 heterocycles. The number of aromatic nitrogens is 1. The van der Waals surface area contributed by atoms with Gasteiger partial charge in [0.05, 0.1) is 17.0 Å². The summed E-state index contributed by atoms with van der Waals surface area (Å²) in [4.78, 5) is 15.7. The molecule has 0 fully saturated rings. The van der Waals surface area contributed by atoms with Gasteiger partial charge in [-0.3, -0.25) is 4.79 Å². The number of ether oxygens (including phenoxy) is 2. The first-order valence-corrected chi connectivity index (χ1v) is 6.00. The van der Waals surface area contributed by atoms with Gasteiger partial charge in [0, 0.05) is 5.69 Å². The van der Waals surface area contributed by atoms with Crippen LogP contribution in [0.25, 0.3) is 0 Å². The van der Waals surface area contributed by atoms with Crippen LogP contribution in [0.5, 0.6) is 5.88 Å². The fraction of sp³-hybridized carbons (Fsp3) is 0.500. The monoisotopic (exact) mass is 301 g/mol. The van der Waals surface area contributed by atoms with Gasteiger partial charge in [-0.15, -0.1) is 0 Å². The minimum atomic E-state index is -0.695. The maximum absolute atomic E-state index is 11.5. The van der Waals surface area contributed by atoms with Gasteiger partial charge in [0.15, 0.2) is 0 Å². The molecule has 0 radical (unpaired) electrons. The Morgan fingerprint density at radius 2 is 2.12 bits per heavy atom. The number of nitrogens with zero attached hydrogens (tertiary/aromatic N) is 1. The van der Waals surface area contributed by atoms with Gasteiger partial charge in [0.2, 0.25) is 5.88 Å². The van der Waals surface area contributed by atoms with Crippen molar-refractivity contribution in [1.29, 1.82) is 0 Å². The average molecular weight is 302 g/mol. The fourth-order valence-corrected chi connectivity index (χ4v) is 1.54. The Kier molecular flexibility index (Phi) is 4.51. The molecule has 1 aromatic heterocycles. The lowest BCUT2D eigenvalue weighted by atomic mass is 9.95. The largest absolute Gasteiger partial charge is 0.476 e. The van der Waals surface area contributed by atoms with E-state index in [1.54, 1.807) is 13.8 Å². The van der Waals surface area contributed by atoms with Gasteiger partial charge >= 0.3 is 5.97 Å². The summed E-state index contributed by atoms with van der Waals surface area (Å²) < 4.78 is 11.0. The highest BCUT2D eigenvalue weighted by Crippen LogP contribution is 2.25. The Bertz CT molecular complexity index is 418. The van der Waals surface area contributed by atoms with Crippen LogP contribution in [0.1, 0.15) is 19.5 Å². The number of methoxy groups -OCH3 is 1. The smallest absolute Gasteiger partial charge is 0.314 e. The highest BCUT2D eigenvalue weighted by molar-refractivity contribution is 9.10. The predicted molar refractivity (Wildman–Crippen MR) is 68.0 cm³/mol. The summed E-state index contributed by atoms with van der Waals surface area (Å²) in [6.45, 7) is 5.63. The number of aryl methyl sites for hydroxylation is 1. The lowest BCUT2D eigenvalue weighted by Gasteiger charge is -2.21. The van der Waals surface area contributed by atoms with E-state index in [1.807, 2.05) is 19.1 Å². The van der Waals surface area contributed by atoms with Crippen LogP contribution in [0.3, 0.4) is 0 Å². The van der Waals surface area contributed by atoms with E-state index in [-0.39, 0.29) is 12.6 Å². The SMILES string of the molecule is COC(=O)C(C)(C)COc1nc(C)ccc1Br. The number of hydrogen-bond donors (Lipinski definition) is 0. The molecule has 0 unspecified atom stereocenters. The van der Waals surface area contributed by atoms with Crippen molar-refractivity contribution < 1.29 is 14.3 Å². The Balaban J connectivity index is 2.73. The van der Waals surface area contributed by atoms with E-state index in [9.17, 15) is 4.79 Å². The Hall–Kier alpha value is -1.10. The van der Waals surface area contributed by atoms with Crippen LogP contribution in [0.15, 0.2) is 16.6 Å². The molecular formula is C12H16BrNO3. The van der Waals surface area contributed by atoms with E-state index < -0.39 is 5.41 Å². The van der Waals surface area contributed by atoms with Gasteiger partial charge in [0.1, 0.15) is 6.61 Å². The summed E-state index contributed by atoms with van der Waals surface area (Å²) in [6, 6.07) is 3.74. The molecule has 0 aliphatic carbocycles. The summed E-state index contributed by atoms with van der Waals surface area (Å²) in [6.07, 6.45) is 0. The highest BCUT2D eigenvalue weighted by atomic mass is 79.9. The molecule has 0 amide bonds. The first-order chi connectivity index (χ1) is 7.86. The number of esters is 1. The molecule has 5 heteroatoms. The van der Waals surface area contributed by atoms with Crippen LogP contribution in [0, 0.1) is 12.3 Å². The molecule has 0 atom stereocenters. The van der Waals surface area contributed by atoms with E-state index in [0.717, 1.165) is 10.2 Å². The molecule has 94 valence electrons. The molecule has 0 N–H and O–H groups in total. The zero-order valence-electron chi connectivity index (χ0n) is 10.4. The third-order valence-electron chi connectivity index (χ3n) is 2.26. The third-order valence-corrected chi connectivity index (χ3v) is 2.86. The van der Waals surface area contributed by atoms with Crippen molar-refractivity contribution >= 4 is 21.9 Å². The number of carbonyl (C=O) groups excluding carboxylic acids is 1. The molecular weight excluding hydrogens is 286 g/mol. The van der Waals surface area contributed by atoms with Crippen LogP contribution in [-0.4, -0.2) is 24.7 Å². The minimum absolute atomic E-state index is 0.217. The molecule has 0 saturated heterocycles. The average Bonchev–Trinajstić information content (AvgIpc) is 2.29. The van der Waals surface area contributed by atoms with Crippen molar-refractivity contribution in [2.24, 2.45) is 5.41 Å². The number of hydrogen-bond acceptors (Lipinski definition) is 4. The zero-order chi connectivity index (χ0) is 13.1. The quantitative estimate of drug-likeness (QED) is 0.802. The molecule has 1 rings (SSSR count). The molecule has 0 bridgehead atoms. The van der Waals surface area contributed by atoms with Gasteiger partial charge in [-0.2, -0.15) is 0 Å². The van der Waals surface area contributed by atoms with Crippen molar-refractivity contribution in [2.45, 2.75) is 20.8 Å². The Labute approximate surface area is 109 Å². The summed E-state index contributed by atoms with van der Waals surface area (Å²) in [5.74, 6) is 0.184. The van der Waals surface area contributed by atoms with E-state index in [4.69, 9.17) is 9.47 Å². The van der Waals surface area contributed by atoms with Crippen molar-refractivity contribution in [3.05, 3.63) is 22.3 Å². The molecule has 1 aromatic rings. The maximum atomic E-state index is 11.5. The van der Waals surface area contributed by atoms with Crippen molar-refractivity contribution in [2.75, 3.05) is 13.7 Å². The summed E-state index contributed by atoms with van der Waals surface area (Å²) in [5.41, 5.74) is 0.165. The molecule has 0 aromatic carbocycles. The second-order valence-electron chi connectivity index (χ2n) is 4.40. The molecule has 17 heavy (non-hydrogen) atoms. The molecule has 4 nitrogen and oxygen atoms in total. The molecule has 0 spiro atoms. The Morgan fingerprint density at radius 1 is 1.47 bits per heavy atom. The lowest BCUT2D eigenvalue weighted by molar-refractivity contribution is -0.152. The molecule has 0 aliphatic heterocycles. The van der Waals surface area contributed by atoms with Gasteiger partial charge in [-0.25, -0.2) is 4.98 Å². The van der Waals surface area contributed by atoms with Crippen LogP contribution in [0.2, 0.25) is 0 Å². The van der Waals surface area contributed by atoms with Crippen LogP contribution in [0.4, 0.5) is 0 Å². The maximum Gasteiger partial charge on any atom is 0.314 e. The van der Waals surface area contributed by atoms with Gasteiger partial charge in [-0.1, -0.05) is 0 Å². The highest BCUT2D eigenvalue weighted by Gasteiger charge is 2.30. The fourth-order valence-electron chi connectivity index (χ4n) is 1.20. The normalized spacial score (nSPS) is 11.1. The third kappa shape index (κ3) is 3.70. The van der Waals surface area contributed by atoms with Gasteiger partial charge in [0.25, 0.3) is 0 Å². The number of rotatable bonds is 4. The van der Waals surface area contributed by atoms with E-state index in [0.29, 0.717) is 5.88 Å². The number of halogens is 1. The van der Waals surface area contributed by atoms with Gasteiger partial charge in [-0.05, 0) is 48.8 Å². The molecule has 0 aliphatic rings. The van der Waals surface area contributed by atoms with Crippen LogP contribution < -0.4 is 4.74 Å². The van der Waals surface area contributed by atoms with Crippen LogP contribution >= 0.6 is 15.9 Å². The number of pyridine rings is 1. The summed E-state index contributed by atoms with van der Waals surface area (Å²) in [7, 11) is 1.37. The van der Waals surface area contributed by atoms with Crippen molar-refractivity contribution in [3.8, 4) is 5.88 Å². The van der Waals surface area contributed by atoms with Crippen molar-refractivity contribution in [3.63, 3.8) is 0 Å². The zero-order valence-corrected chi connectivity index (χ0v) is 12.0. The van der Waals surface area contributed by atoms with Crippen LogP contribution in [-0.2, 0) is 9.53 Å². The molecule has 0 saturated carbocycles. The van der Waals surface area contributed by atoms with E-state index in [2.05, 4.69) is 20.9 Å². The minimum Gasteiger partial charge on any atom is -0.476 e. The second-order valence-corrected chi connectivity index (χ2v) is 5.26. The summed E-state index contributed by atoms with van der Waals surface area (Å²) >= 11 is 3.35. The van der Waals surface area contributed by atoms with E-state index in [1.165, 1.54) is 7.11 Å². The van der Waals surface area contributed by atoms with Crippen molar-refractivity contribution in [1.82, 2.24) is 4.98 Å². The van der Waals surface area contributed by atoms with E-state index >= 15 is 0 Å². The van der Waals surface area contributed by atoms with Gasteiger partial charge < -0.3 is 9.47 Å². The first-order valence-electron chi connectivity index (χ1n) is 5.21. The lowest BCUT2D eigenvalue weighted by Crippen LogP contribution is -2.32. The number of carbonyl (C=O) groups is 1. The first kappa shape index (κ1) is 14.0. The summed E-state index contributed by atoms with van der Waals surface area (Å²) in [5, 5.41) is 0. The Morgan fingerprint density at radius 3 is 2.71 bits per heavy atom. The standard InChI is InChI=1S/C12H16BrNO3/c1-8-5-6-9(13)10(14-8)17-7-12(2,3)11(15)16-4/h5-6H,7H2,1-4H3. The second kappa shape index (κ2) is 5.49. The topological polar surface area (TPSA) is 48.4 Å². The predicted octanol–water partition coefficient (Wildman–Crippen LogP) is 2.73.